The van der Waals surface area contributed by atoms with Gasteiger partial charge in [0.15, 0.2) is 11.5 Å². The highest BCUT2D eigenvalue weighted by Crippen LogP contribution is 2.34. The molecule has 0 aromatic heterocycles. The molecule has 0 saturated carbocycles. The fourth-order valence-electron chi connectivity index (χ4n) is 3.68. The number of carbonyl (C=O) groups excluding carboxylic acids is 3. The Bertz CT molecular complexity index is 1210. The lowest BCUT2D eigenvalue weighted by Gasteiger charge is -2.14. The van der Waals surface area contributed by atoms with E-state index < -0.39 is 5.91 Å². The molecule has 2 heterocycles. The first kappa shape index (κ1) is 18.9. The van der Waals surface area contributed by atoms with E-state index in [1.54, 1.807) is 24.3 Å². The Hall–Kier alpha value is -4.13. The molecule has 154 valence electrons. The maximum Gasteiger partial charge on any atom is 0.261 e. The molecule has 2 aliphatic rings. The van der Waals surface area contributed by atoms with E-state index in [0.717, 1.165) is 11.1 Å². The number of hydrogen-bond donors (Lipinski definition) is 1. The number of ether oxygens (including phenoxy) is 2. The fraction of sp³-hybridized carbons (Fsp3) is 0.125. The first-order chi connectivity index (χ1) is 15.1. The van der Waals surface area contributed by atoms with Crippen LogP contribution in [0.4, 0.5) is 0 Å². The van der Waals surface area contributed by atoms with Gasteiger partial charge in [-0.25, -0.2) is 0 Å². The lowest BCUT2D eigenvalue weighted by atomic mass is 10.1. The van der Waals surface area contributed by atoms with Gasteiger partial charge in [-0.15, -0.1) is 0 Å². The lowest BCUT2D eigenvalue weighted by molar-refractivity contribution is 0.0642. The predicted molar refractivity (Wildman–Crippen MR) is 111 cm³/mol. The summed E-state index contributed by atoms with van der Waals surface area (Å²) in [5.74, 6) is 0.120. The van der Waals surface area contributed by atoms with Crippen LogP contribution in [-0.4, -0.2) is 29.4 Å². The number of fused-ring (bicyclic) bond motifs is 2. The maximum absolute atomic E-state index is 12.9. The number of nitrogens with one attached hydrogen (secondary N) is 1. The molecule has 0 radical (unpaired) electrons. The van der Waals surface area contributed by atoms with Crippen molar-refractivity contribution in [3.63, 3.8) is 0 Å². The fourth-order valence-corrected chi connectivity index (χ4v) is 3.68. The molecule has 31 heavy (non-hydrogen) atoms. The van der Waals surface area contributed by atoms with Crippen molar-refractivity contribution in [3.05, 3.63) is 94.5 Å². The summed E-state index contributed by atoms with van der Waals surface area (Å²) in [4.78, 5) is 39.4. The van der Waals surface area contributed by atoms with Crippen LogP contribution in [0.2, 0.25) is 0 Å². The molecule has 5 rings (SSSR count). The minimum atomic E-state index is -0.421. The summed E-state index contributed by atoms with van der Waals surface area (Å²) >= 11 is 0. The minimum absolute atomic E-state index is 0.110. The van der Waals surface area contributed by atoms with Crippen LogP contribution >= 0.6 is 0 Å². The van der Waals surface area contributed by atoms with Gasteiger partial charge in [0.1, 0.15) is 0 Å². The Morgan fingerprint density at radius 1 is 0.839 bits per heavy atom. The standard InChI is InChI=1S/C24H18N2O5/c27-22(25-12-15-4-2-1-3-5-15)17-7-8-18-19(11-17)24(29)26(23(18)28)13-16-6-9-20-21(10-16)31-14-30-20/h1-11H,12-14H2,(H,25,27). The van der Waals surface area contributed by atoms with Crippen molar-refractivity contribution in [3.8, 4) is 11.5 Å². The summed E-state index contributed by atoms with van der Waals surface area (Å²) in [7, 11) is 0. The van der Waals surface area contributed by atoms with Gasteiger partial charge in [0, 0.05) is 12.1 Å². The largest absolute Gasteiger partial charge is 0.454 e. The average molecular weight is 414 g/mol. The molecule has 1 N–H and O–H groups in total. The molecule has 3 amide bonds. The minimum Gasteiger partial charge on any atom is -0.454 e. The van der Waals surface area contributed by atoms with Crippen LogP contribution in [0.3, 0.4) is 0 Å². The number of amides is 3. The molecule has 0 spiro atoms. The second-order valence-corrected chi connectivity index (χ2v) is 7.31. The zero-order chi connectivity index (χ0) is 21.4. The molecule has 7 nitrogen and oxygen atoms in total. The number of hydrogen-bond acceptors (Lipinski definition) is 5. The lowest BCUT2D eigenvalue weighted by Crippen LogP contribution is -2.29. The van der Waals surface area contributed by atoms with Crippen molar-refractivity contribution in [2.75, 3.05) is 6.79 Å². The summed E-state index contributed by atoms with van der Waals surface area (Å²) < 4.78 is 10.7. The molecule has 0 unspecified atom stereocenters. The molecular formula is C24H18N2O5. The van der Waals surface area contributed by atoms with E-state index in [0.29, 0.717) is 29.2 Å². The van der Waals surface area contributed by atoms with Crippen LogP contribution in [0.25, 0.3) is 0 Å². The second-order valence-electron chi connectivity index (χ2n) is 7.31. The van der Waals surface area contributed by atoms with E-state index in [2.05, 4.69) is 5.32 Å². The highest BCUT2D eigenvalue weighted by molar-refractivity contribution is 6.22. The van der Waals surface area contributed by atoms with Crippen molar-refractivity contribution >= 4 is 17.7 Å². The van der Waals surface area contributed by atoms with Crippen molar-refractivity contribution < 1.29 is 23.9 Å². The van der Waals surface area contributed by atoms with Crippen LogP contribution in [0, 0.1) is 0 Å². The van der Waals surface area contributed by atoms with E-state index >= 15 is 0 Å². The smallest absolute Gasteiger partial charge is 0.261 e. The summed E-state index contributed by atoms with van der Waals surface area (Å²) in [5.41, 5.74) is 2.59. The number of carbonyl (C=O) groups is 3. The summed E-state index contributed by atoms with van der Waals surface area (Å²) in [6.45, 7) is 0.638. The van der Waals surface area contributed by atoms with Crippen molar-refractivity contribution in [1.82, 2.24) is 10.2 Å². The SMILES string of the molecule is O=C(NCc1ccccc1)c1ccc2c(c1)C(=O)N(Cc1ccc3c(c1)OCO3)C2=O. The molecular weight excluding hydrogens is 396 g/mol. The van der Waals surface area contributed by atoms with E-state index in [4.69, 9.17) is 9.47 Å². The van der Waals surface area contributed by atoms with Gasteiger partial charge in [-0.2, -0.15) is 0 Å². The van der Waals surface area contributed by atoms with Gasteiger partial charge in [0.2, 0.25) is 6.79 Å². The van der Waals surface area contributed by atoms with Gasteiger partial charge in [-0.3, -0.25) is 19.3 Å². The highest BCUT2D eigenvalue weighted by atomic mass is 16.7. The predicted octanol–water partition coefficient (Wildman–Crippen LogP) is 3.14. The summed E-state index contributed by atoms with van der Waals surface area (Å²) in [5, 5.41) is 2.83. The average Bonchev–Trinajstić information content (AvgIpc) is 3.36. The molecule has 3 aromatic rings. The third-order valence-corrected chi connectivity index (χ3v) is 5.31. The Morgan fingerprint density at radius 3 is 2.45 bits per heavy atom. The molecule has 2 aliphatic heterocycles. The number of nitrogens with zero attached hydrogens (tertiary/aromatic N) is 1. The van der Waals surface area contributed by atoms with E-state index in [-0.39, 0.29) is 30.7 Å². The quantitative estimate of drug-likeness (QED) is 0.649. The van der Waals surface area contributed by atoms with E-state index in [1.807, 2.05) is 30.3 Å². The Balaban J connectivity index is 1.32. The van der Waals surface area contributed by atoms with Crippen molar-refractivity contribution in [2.45, 2.75) is 13.1 Å². The van der Waals surface area contributed by atoms with Gasteiger partial charge >= 0.3 is 0 Å². The molecule has 0 bridgehead atoms. The topological polar surface area (TPSA) is 84.9 Å². The molecule has 7 heteroatoms. The van der Waals surface area contributed by atoms with Gasteiger partial charge in [-0.05, 0) is 41.5 Å². The van der Waals surface area contributed by atoms with Gasteiger partial charge in [0.25, 0.3) is 17.7 Å². The molecule has 0 saturated heterocycles. The first-order valence-corrected chi connectivity index (χ1v) is 9.81. The first-order valence-electron chi connectivity index (χ1n) is 9.81. The molecule has 0 aliphatic carbocycles. The molecule has 3 aromatic carbocycles. The van der Waals surface area contributed by atoms with Crippen LogP contribution in [0.5, 0.6) is 11.5 Å². The monoisotopic (exact) mass is 414 g/mol. The summed E-state index contributed by atoms with van der Waals surface area (Å²) in [6, 6.07) is 19.4. The Kier molecular flexibility index (Phi) is 4.63. The maximum atomic E-state index is 12.9. The van der Waals surface area contributed by atoms with Crippen molar-refractivity contribution in [2.24, 2.45) is 0 Å². The third kappa shape index (κ3) is 3.50. The highest BCUT2D eigenvalue weighted by Gasteiger charge is 2.36. The van der Waals surface area contributed by atoms with Crippen LogP contribution in [0.15, 0.2) is 66.7 Å². The van der Waals surface area contributed by atoms with Crippen LogP contribution in [0.1, 0.15) is 42.2 Å². The van der Waals surface area contributed by atoms with Crippen LogP contribution < -0.4 is 14.8 Å². The zero-order valence-electron chi connectivity index (χ0n) is 16.5. The van der Waals surface area contributed by atoms with Gasteiger partial charge < -0.3 is 14.8 Å². The zero-order valence-corrected chi connectivity index (χ0v) is 16.5. The van der Waals surface area contributed by atoms with Crippen molar-refractivity contribution in [1.29, 1.82) is 0 Å². The molecule has 0 atom stereocenters. The second kappa shape index (κ2) is 7.60. The Morgan fingerprint density at radius 2 is 1.61 bits per heavy atom. The Labute approximate surface area is 178 Å². The molecule has 0 fully saturated rings. The third-order valence-electron chi connectivity index (χ3n) is 5.31. The normalized spacial score (nSPS) is 14.0. The number of benzene rings is 3. The number of imide groups is 1. The van der Waals surface area contributed by atoms with Gasteiger partial charge in [-0.1, -0.05) is 36.4 Å². The van der Waals surface area contributed by atoms with Gasteiger partial charge in [0.05, 0.1) is 17.7 Å². The summed E-state index contributed by atoms with van der Waals surface area (Å²) in [6.07, 6.45) is 0. The van der Waals surface area contributed by atoms with Crippen LogP contribution in [-0.2, 0) is 13.1 Å². The number of rotatable bonds is 5. The van der Waals surface area contributed by atoms with E-state index in [9.17, 15) is 14.4 Å². The van der Waals surface area contributed by atoms with E-state index in [1.165, 1.54) is 17.0 Å².